The van der Waals surface area contributed by atoms with Gasteiger partial charge in [-0.25, -0.2) is 9.97 Å². The molecule has 2 heteroatoms. The minimum Gasteiger partial charge on any atom is -0.250 e. The Morgan fingerprint density at radius 3 is 1.96 bits per heavy atom. The van der Waals surface area contributed by atoms with Crippen molar-refractivity contribution in [3.8, 4) is 33.4 Å². The van der Waals surface area contributed by atoms with Crippen molar-refractivity contribution in [2.75, 3.05) is 0 Å². The van der Waals surface area contributed by atoms with E-state index in [0.29, 0.717) is 0 Å². The summed E-state index contributed by atoms with van der Waals surface area (Å²) >= 11 is 0. The van der Waals surface area contributed by atoms with Crippen LogP contribution < -0.4 is 0 Å². The van der Waals surface area contributed by atoms with E-state index in [4.69, 9.17) is 9.97 Å². The molecule has 4 aromatic carbocycles. The van der Waals surface area contributed by atoms with E-state index in [1.165, 1.54) is 71.0 Å². The molecule has 0 bridgehead atoms. The third-order valence-electron chi connectivity index (χ3n) is 10.7. The maximum atomic E-state index is 5.31. The standard InChI is InChI=1S/C44H44N2/c1-42(2,3)38-22-19-28-17-21-34-35(27-39(43(4,5)6)46-41(34)40(28)45-38)31-14-12-13-29(25-31)30-18-20-33-32-15-8-9-16-36(32)44(37(33)26-30)23-10-7-11-24-44/h8-9,12-22,25-27H,7,10-11,23-24H2,1-6H3. The van der Waals surface area contributed by atoms with Gasteiger partial charge in [-0.1, -0.05) is 134 Å². The second-order valence-electron chi connectivity index (χ2n) is 15.8. The average molecular weight is 601 g/mol. The first kappa shape index (κ1) is 29.1. The van der Waals surface area contributed by atoms with E-state index in [1.54, 1.807) is 5.56 Å². The Morgan fingerprint density at radius 2 is 1.17 bits per heavy atom. The van der Waals surface area contributed by atoms with Crippen molar-refractivity contribution in [1.82, 2.24) is 9.97 Å². The maximum Gasteiger partial charge on any atom is 0.0974 e. The van der Waals surface area contributed by atoms with Gasteiger partial charge in [-0.2, -0.15) is 0 Å². The topological polar surface area (TPSA) is 25.8 Å². The molecular formula is C44H44N2. The van der Waals surface area contributed by atoms with Crippen molar-refractivity contribution in [2.24, 2.45) is 0 Å². The summed E-state index contributed by atoms with van der Waals surface area (Å²) in [5.41, 5.74) is 15.1. The molecule has 8 rings (SSSR count). The first-order valence-corrected chi connectivity index (χ1v) is 17.1. The van der Waals surface area contributed by atoms with Crippen LogP contribution in [0.3, 0.4) is 0 Å². The summed E-state index contributed by atoms with van der Waals surface area (Å²) in [7, 11) is 0. The quantitative estimate of drug-likeness (QED) is 0.185. The molecule has 2 aliphatic carbocycles. The van der Waals surface area contributed by atoms with Crippen LogP contribution in [0, 0.1) is 0 Å². The predicted octanol–water partition coefficient (Wildman–Crippen LogP) is 11.9. The fraction of sp³-hybridized carbons (Fsp3) is 0.318. The third kappa shape index (κ3) is 4.60. The van der Waals surface area contributed by atoms with Gasteiger partial charge in [0.1, 0.15) is 0 Å². The number of nitrogens with zero attached hydrogens (tertiary/aromatic N) is 2. The lowest BCUT2D eigenvalue weighted by molar-refractivity contribution is 0.353. The van der Waals surface area contributed by atoms with Crippen molar-refractivity contribution in [3.05, 3.63) is 120 Å². The van der Waals surface area contributed by atoms with Gasteiger partial charge in [0.15, 0.2) is 0 Å². The van der Waals surface area contributed by atoms with Crippen LogP contribution in [0.15, 0.2) is 97.1 Å². The summed E-state index contributed by atoms with van der Waals surface area (Å²) in [6.07, 6.45) is 6.45. The SMILES string of the molecule is CC(C)(C)c1ccc2ccc3c(-c4cccc(-c5ccc6c(c5)C5(CCCCC5)c5ccccc5-6)c4)cc(C(C)(C)C)nc3c2n1. The van der Waals surface area contributed by atoms with Gasteiger partial charge < -0.3 is 0 Å². The molecule has 0 saturated heterocycles. The largest absolute Gasteiger partial charge is 0.250 e. The molecule has 0 unspecified atom stereocenters. The summed E-state index contributed by atoms with van der Waals surface area (Å²) in [6.45, 7) is 13.4. The van der Waals surface area contributed by atoms with Gasteiger partial charge in [0.2, 0.25) is 0 Å². The highest BCUT2D eigenvalue weighted by Gasteiger charge is 2.43. The van der Waals surface area contributed by atoms with Crippen LogP contribution in [0.4, 0.5) is 0 Å². The number of pyridine rings is 2. The molecule has 0 atom stereocenters. The zero-order chi connectivity index (χ0) is 31.8. The van der Waals surface area contributed by atoms with Crippen molar-refractivity contribution >= 4 is 21.8 Å². The van der Waals surface area contributed by atoms with Crippen molar-refractivity contribution in [2.45, 2.75) is 89.9 Å². The van der Waals surface area contributed by atoms with Gasteiger partial charge in [-0.3, -0.25) is 0 Å². The Labute approximate surface area is 274 Å². The van der Waals surface area contributed by atoms with E-state index in [0.717, 1.165) is 33.2 Å². The summed E-state index contributed by atoms with van der Waals surface area (Å²) in [4.78, 5) is 10.5. The van der Waals surface area contributed by atoms with Gasteiger partial charge in [0, 0.05) is 38.4 Å². The summed E-state index contributed by atoms with van der Waals surface area (Å²) in [5.74, 6) is 0. The number of benzene rings is 4. The van der Waals surface area contributed by atoms with E-state index in [1.807, 2.05) is 0 Å². The number of fused-ring (bicyclic) bond motifs is 8. The Bertz CT molecular complexity index is 2150. The van der Waals surface area contributed by atoms with Crippen LogP contribution in [0.5, 0.6) is 0 Å². The molecule has 230 valence electrons. The minimum absolute atomic E-state index is 0.0391. The third-order valence-corrected chi connectivity index (χ3v) is 10.7. The molecular weight excluding hydrogens is 556 g/mol. The highest BCUT2D eigenvalue weighted by atomic mass is 14.8. The summed E-state index contributed by atoms with van der Waals surface area (Å²) in [5, 5.41) is 2.29. The van der Waals surface area contributed by atoms with E-state index >= 15 is 0 Å². The second kappa shape index (κ2) is 10.4. The van der Waals surface area contributed by atoms with Gasteiger partial charge in [0.25, 0.3) is 0 Å². The monoisotopic (exact) mass is 600 g/mol. The fourth-order valence-electron chi connectivity index (χ4n) is 8.11. The van der Waals surface area contributed by atoms with Crippen LogP contribution in [0.2, 0.25) is 0 Å². The van der Waals surface area contributed by atoms with Gasteiger partial charge in [-0.05, 0) is 81.6 Å². The maximum absolute atomic E-state index is 5.31. The normalized spacial score (nSPS) is 15.8. The average Bonchev–Trinajstić information content (AvgIpc) is 3.31. The smallest absolute Gasteiger partial charge is 0.0974 e. The molecule has 46 heavy (non-hydrogen) atoms. The highest BCUT2D eigenvalue weighted by molar-refractivity contribution is 6.08. The Kier molecular flexibility index (Phi) is 6.56. The van der Waals surface area contributed by atoms with Crippen LogP contribution in [0.1, 0.15) is 96.2 Å². The predicted molar refractivity (Wildman–Crippen MR) is 195 cm³/mol. The fourth-order valence-corrected chi connectivity index (χ4v) is 8.11. The molecule has 2 heterocycles. The van der Waals surface area contributed by atoms with Crippen LogP contribution >= 0.6 is 0 Å². The molecule has 1 spiro atoms. The zero-order valence-electron chi connectivity index (χ0n) is 28.2. The summed E-state index contributed by atoms with van der Waals surface area (Å²) < 4.78 is 0. The van der Waals surface area contributed by atoms with Crippen LogP contribution in [-0.4, -0.2) is 9.97 Å². The van der Waals surface area contributed by atoms with Crippen molar-refractivity contribution in [3.63, 3.8) is 0 Å². The molecule has 0 aliphatic heterocycles. The molecule has 2 aliphatic rings. The number of rotatable bonds is 2. The van der Waals surface area contributed by atoms with Crippen molar-refractivity contribution < 1.29 is 0 Å². The Balaban J connectivity index is 1.30. The lowest BCUT2D eigenvalue weighted by Gasteiger charge is -2.36. The molecule has 0 amide bonds. The van der Waals surface area contributed by atoms with Gasteiger partial charge in [-0.15, -0.1) is 0 Å². The molecule has 1 fully saturated rings. The van der Waals surface area contributed by atoms with Crippen molar-refractivity contribution in [1.29, 1.82) is 0 Å². The lowest BCUT2D eigenvalue weighted by Crippen LogP contribution is -2.28. The van der Waals surface area contributed by atoms with Crippen LogP contribution in [0.25, 0.3) is 55.2 Å². The molecule has 1 saturated carbocycles. The van der Waals surface area contributed by atoms with E-state index in [2.05, 4.69) is 139 Å². The molecule has 6 aromatic rings. The highest BCUT2D eigenvalue weighted by Crippen LogP contribution is 2.56. The summed E-state index contributed by atoms with van der Waals surface area (Å²) in [6, 6.07) is 36.7. The van der Waals surface area contributed by atoms with Gasteiger partial charge >= 0.3 is 0 Å². The van der Waals surface area contributed by atoms with E-state index in [-0.39, 0.29) is 16.2 Å². The minimum atomic E-state index is -0.104. The second-order valence-corrected chi connectivity index (χ2v) is 15.8. The number of hydrogen-bond acceptors (Lipinski definition) is 2. The molecule has 2 nitrogen and oxygen atoms in total. The number of hydrogen-bond donors (Lipinski definition) is 0. The lowest BCUT2D eigenvalue weighted by atomic mass is 9.67. The van der Waals surface area contributed by atoms with E-state index in [9.17, 15) is 0 Å². The molecule has 0 radical (unpaired) electrons. The Morgan fingerprint density at radius 1 is 0.500 bits per heavy atom. The zero-order valence-corrected chi connectivity index (χ0v) is 28.2. The number of aromatic nitrogens is 2. The first-order valence-electron chi connectivity index (χ1n) is 17.1. The first-order chi connectivity index (χ1) is 22.0. The molecule has 0 N–H and O–H groups in total. The van der Waals surface area contributed by atoms with Crippen LogP contribution in [-0.2, 0) is 16.2 Å². The van der Waals surface area contributed by atoms with Gasteiger partial charge in [0.05, 0.1) is 11.0 Å². The Hall–Kier alpha value is -4.30. The van der Waals surface area contributed by atoms with E-state index < -0.39 is 0 Å². The molecule has 2 aromatic heterocycles.